The number of H-pyrrole nitrogens is 1. The molecule has 13 nitrogen and oxygen atoms in total. The van der Waals surface area contributed by atoms with E-state index in [2.05, 4.69) is 26.0 Å². The predicted octanol–water partition coefficient (Wildman–Crippen LogP) is 2.00. The van der Waals surface area contributed by atoms with Crippen molar-refractivity contribution in [1.29, 1.82) is 0 Å². The second-order valence-electron chi connectivity index (χ2n) is 10.6. The molecule has 5 aliphatic heterocycles. The van der Waals surface area contributed by atoms with Crippen LogP contribution < -0.4 is 29.6 Å². The largest absolute Gasteiger partial charge is 0.496 e. The van der Waals surface area contributed by atoms with Gasteiger partial charge in [-0.25, -0.2) is 0 Å². The van der Waals surface area contributed by atoms with Gasteiger partial charge in [-0.1, -0.05) is 6.07 Å². The smallest absolute Gasteiger partial charge is 0.258 e. The van der Waals surface area contributed by atoms with E-state index in [1.54, 1.807) is 54.5 Å². The number of hydrogen-bond acceptors (Lipinski definition) is 9. The van der Waals surface area contributed by atoms with Gasteiger partial charge in [-0.3, -0.25) is 14.4 Å². The molecular weight excluding hydrogens is 568 g/mol. The van der Waals surface area contributed by atoms with Gasteiger partial charge in [0.2, 0.25) is 5.91 Å². The molecule has 5 aliphatic rings. The van der Waals surface area contributed by atoms with Crippen molar-refractivity contribution in [3.05, 3.63) is 71.3 Å². The Hall–Kier alpha value is -5.33. The van der Waals surface area contributed by atoms with Crippen LogP contribution in [0, 0.1) is 0 Å². The van der Waals surface area contributed by atoms with Crippen molar-refractivity contribution >= 4 is 28.8 Å². The van der Waals surface area contributed by atoms with E-state index in [0.717, 1.165) is 11.1 Å². The molecule has 3 N–H and O–H groups in total. The highest BCUT2D eigenvalue weighted by molar-refractivity contribution is 5.97. The number of likely N-dealkylation sites (tertiary alicyclic amines) is 1. The van der Waals surface area contributed by atoms with Gasteiger partial charge in [0, 0.05) is 36.7 Å². The van der Waals surface area contributed by atoms with E-state index in [1.807, 2.05) is 12.1 Å². The SMILES string of the molecule is COc1cc2ccc1CNC(=O)CCc1ccc(c(OC)c1)OCC(=O)N[C@@H]1CN(C(=O)c3ccc4n[nH]nc4c3)C[C@H]1O2. The summed E-state index contributed by atoms with van der Waals surface area (Å²) < 4.78 is 23.2. The Morgan fingerprint density at radius 3 is 2.59 bits per heavy atom. The number of methoxy groups -OCH3 is 2. The van der Waals surface area contributed by atoms with Crippen LogP contribution in [-0.2, 0) is 22.6 Å². The topological polar surface area (TPSA) is 157 Å². The van der Waals surface area contributed by atoms with Crippen LogP contribution in [0.5, 0.6) is 23.0 Å². The van der Waals surface area contributed by atoms with Gasteiger partial charge in [-0.2, -0.15) is 15.4 Å². The first-order valence-corrected chi connectivity index (χ1v) is 14.2. The Bertz CT molecular complexity index is 1710. The van der Waals surface area contributed by atoms with Crippen LogP contribution >= 0.6 is 0 Å². The average molecular weight is 601 g/mol. The first-order chi connectivity index (χ1) is 21.4. The summed E-state index contributed by atoms with van der Waals surface area (Å²) in [6.45, 7) is 0.432. The summed E-state index contributed by atoms with van der Waals surface area (Å²) in [5.41, 5.74) is 3.35. The second kappa shape index (κ2) is 12.5. The van der Waals surface area contributed by atoms with E-state index in [0.29, 0.717) is 46.0 Å². The molecule has 2 atom stereocenters. The van der Waals surface area contributed by atoms with E-state index < -0.39 is 12.1 Å². The van der Waals surface area contributed by atoms with Gasteiger partial charge < -0.3 is 34.5 Å². The Morgan fingerprint density at radius 1 is 0.909 bits per heavy atom. The molecule has 9 rings (SSSR count). The lowest BCUT2D eigenvalue weighted by molar-refractivity contribution is -0.124. The normalized spacial score (nSPS) is 19.0. The second-order valence-corrected chi connectivity index (χ2v) is 10.6. The maximum Gasteiger partial charge on any atom is 0.258 e. The Morgan fingerprint density at radius 2 is 1.75 bits per heavy atom. The molecule has 4 bridgehead atoms. The minimum Gasteiger partial charge on any atom is -0.496 e. The number of amides is 3. The molecule has 0 spiro atoms. The first kappa shape index (κ1) is 28.8. The number of aromatic amines is 1. The van der Waals surface area contributed by atoms with Crippen LogP contribution in [0.2, 0.25) is 0 Å². The summed E-state index contributed by atoms with van der Waals surface area (Å²) in [5.74, 6) is 1.17. The van der Waals surface area contributed by atoms with Gasteiger partial charge in [0.05, 0.1) is 26.8 Å². The summed E-state index contributed by atoms with van der Waals surface area (Å²) in [6, 6.07) is 15.2. The van der Waals surface area contributed by atoms with E-state index in [1.165, 1.54) is 7.11 Å². The molecule has 1 fully saturated rings. The molecule has 4 aromatic rings. The third-order valence-electron chi connectivity index (χ3n) is 7.71. The van der Waals surface area contributed by atoms with E-state index >= 15 is 0 Å². The predicted molar refractivity (Wildman–Crippen MR) is 158 cm³/mol. The van der Waals surface area contributed by atoms with Gasteiger partial charge in [-0.05, 0) is 54.4 Å². The van der Waals surface area contributed by atoms with Crippen LogP contribution in [-0.4, -0.2) is 84.1 Å². The number of nitrogens with zero attached hydrogens (tertiary/aromatic N) is 3. The lowest BCUT2D eigenvalue weighted by atomic mass is 10.1. The lowest BCUT2D eigenvalue weighted by Crippen LogP contribution is -2.46. The molecule has 3 aromatic carbocycles. The van der Waals surface area contributed by atoms with Crippen molar-refractivity contribution in [2.45, 2.75) is 31.5 Å². The fraction of sp³-hybridized carbons (Fsp3) is 0.323. The maximum atomic E-state index is 13.5. The van der Waals surface area contributed by atoms with E-state index in [-0.39, 0.29) is 50.4 Å². The number of rotatable bonds is 3. The molecule has 0 unspecified atom stereocenters. The first-order valence-electron chi connectivity index (χ1n) is 14.2. The van der Waals surface area contributed by atoms with Crippen molar-refractivity contribution in [3.63, 3.8) is 0 Å². The van der Waals surface area contributed by atoms with Crippen molar-refractivity contribution in [2.24, 2.45) is 0 Å². The van der Waals surface area contributed by atoms with Crippen LogP contribution in [0.15, 0.2) is 54.6 Å². The van der Waals surface area contributed by atoms with Crippen molar-refractivity contribution in [3.8, 4) is 23.0 Å². The van der Waals surface area contributed by atoms with Crippen LogP contribution in [0.25, 0.3) is 11.0 Å². The van der Waals surface area contributed by atoms with Crippen molar-refractivity contribution in [1.82, 2.24) is 30.9 Å². The maximum absolute atomic E-state index is 13.5. The van der Waals surface area contributed by atoms with Crippen LogP contribution in [0.3, 0.4) is 0 Å². The van der Waals surface area contributed by atoms with E-state index in [4.69, 9.17) is 18.9 Å². The molecule has 1 saturated heterocycles. The summed E-state index contributed by atoms with van der Waals surface area (Å²) in [4.78, 5) is 40.9. The molecule has 13 heteroatoms. The number of ether oxygens (including phenoxy) is 4. The highest BCUT2D eigenvalue weighted by Gasteiger charge is 2.38. The van der Waals surface area contributed by atoms with Gasteiger partial charge in [0.15, 0.2) is 18.1 Å². The molecule has 6 heterocycles. The van der Waals surface area contributed by atoms with Crippen LogP contribution in [0.4, 0.5) is 0 Å². The number of benzene rings is 3. The van der Waals surface area contributed by atoms with Crippen LogP contribution in [0.1, 0.15) is 27.9 Å². The number of carbonyl (C=O) groups is 3. The molecule has 0 saturated carbocycles. The van der Waals surface area contributed by atoms with E-state index in [9.17, 15) is 14.4 Å². The summed E-state index contributed by atoms with van der Waals surface area (Å²) in [6.07, 6.45) is 0.200. The number of carbonyl (C=O) groups excluding carboxylic acids is 3. The third-order valence-corrected chi connectivity index (χ3v) is 7.71. The highest BCUT2D eigenvalue weighted by atomic mass is 16.5. The molecular formula is C31H32N6O7. The Balaban J connectivity index is 1.27. The molecule has 3 amide bonds. The fourth-order valence-electron chi connectivity index (χ4n) is 5.39. The Kier molecular flexibility index (Phi) is 8.17. The average Bonchev–Trinajstić information content (AvgIpc) is 3.67. The molecule has 228 valence electrons. The van der Waals surface area contributed by atoms with Gasteiger partial charge in [-0.15, -0.1) is 0 Å². The minimum absolute atomic E-state index is 0.112. The van der Waals surface area contributed by atoms with Crippen molar-refractivity contribution in [2.75, 3.05) is 33.9 Å². The fourth-order valence-corrected chi connectivity index (χ4v) is 5.39. The zero-order chi connectivity index (χ0) is 30.6. The third kappa shape index (κ3) is 6.21. The molecule has 44 heavy (non-hydrogen) atoms. The monoisotopic (exact) mass is 600 g/mol. The summed E-state index contributed by atoms with van der Waals surface area (Å²) >= 11 is 0. The number of hydrogen-bond donors (Lipinski definition) is 3. The summed E-state index contributed by atoms with van der Waals surface area (Å²) in [7, 11) is 3.06. The van der Waals surface area contributed by atoms with Crippen molar-refractivity contribution < 1.29 is 33.3 Å². The number of nitrogens with one attached hydrogen (secondary N) is 3. The zero-order valence-corrected chi connectivity index (χ0v) is 24.3. The minimum atomic E-state index is -0.576. The van der Waals surface area contributed by atoms with Gasteiger partial charge in [0.1, 0.15) is 28.6 Å². The zero-order valence-electron chi connectivity index (χ0n) is 24.3. The quantitative estimate of drug-likeness (QED) is 0.320. The molecule has 1 aromatic heterocycles. The summed E-state index contributed by atoms with van der Waals surface area (Å²) in [5, 5.41) is 16.6. The highest BCUT2D eigenvalue weighted by Crippen LogP contribution is 2.30. The molecule has 0 radical (unpaired) electrons. The number of aryl methyl sites for hydroxylation is 1. The van der Waals surface area contributed by atoms with Gasteiger partial charge in [0.25, 0.3) is 11.8 Å². The van der Waals surface area contributed by atoms with Gasteiger partial charge >= 0.3 is 0 Å². The molecule has 0 aliphatic carbocycles. The lowest BCUT2D eigenvalue weighted by Gasteiger charge is -2.22. The number of fused-ring (bicyclic) bond motifs is 1. The standard InChI is InChI=1S/C31H32N6O7/c1-41-26-13-21-7-5-20(26)14-32-29(38)10-4-18-3-9-25(27(11-18)42-2)43-17-30(39)33-24-15-37(16-28(24)44-21)31(40)19-6-8-22-23(12-19)35-36-34-22/h3,5-9,11-13,24,28H,4,10,14-17H2,1-2H3,(H,32,38)(H,33,39)(H,34,35,36)/t24-,28-/m1/s1. The Labute approximate surface area is 252 Å². The number of aromatic nitrogens is 3.